The van der Waals surface area contributed by atoms with Crippen LogP contribution in [0.25, 0.3) is 10.6 Å². The molecular formula is C24H28N4O3S2. The molecule has 33 heavy (non-hydrogen) atoms. The van der Waals surface area contributed by atoms with Crippen molar-refractivity contribution in [2.45, 2.75) is 56.9 Å². The van der Waals surface area contributed by atoms with Crippen LogP contribution in [0.2, 0.25) is 0 Å². The van der Waals surface area contributed by atoms with E-state index >= 15 is 0 Å². The van der Waals surface area contributed by atoms with E-state index < -0.39 is 0 Å². The third-order valence-electron chi connectivity index (χ3n) is 6.60. The average Bonchev–Trinajstić information content (AvgIpc) is 3.44. The SMILES string of the molecule is CCN1/C(=c2/s/c(=C3/C(=O)N(C4CCCCC4)N=C3C)n(C)c2=O)Sc2ccc(OC)cc21. The van der Waals surface area contributed by atoms with E-state index in [4.69, 9.17) is 4.74 Å². The summed E-state index contributed by atoms with van der Waals surface area (Å²) in [4.78, 5) is 30.0. The number of methoxy groups -OCH3 is 1. The fraction of sp³-hybridized carbons (Fsp3) is 0.458. The Hall–Kier alpha value is -2.52. The van der Waals surface area contributed by atoms with Gasteiger partial charge in [0, 0.05) is 24.6 Å². The summed E-state index contributed by atoms with van der Waals surface area (Å²) in [6, 6.07) is 6.14. The van der Waals surface area contributed by atoms with Crippen molar-refractivity contribution < 1.29 is 9.53 Å². The van der Waals surface area contributed by atoms with Crippen LogP contribution < -0.4 is 24.4 Å². The highest BCUT2D eigenvalue weighted by atomic mass is 32.2. The number of nitrogens with zero attached hydrogens (tertiary/aromatic N) is 4. The van der Waals surface area contributed by atoms with Gasteiger partial charge in [0.05, 0.1) is 30.1 Å². The van der Waals surface area contributed by atoms with Gasteiger partial charge in [-0.05, 0) is 38.8 Å². The number of thiazole rings is 1. The summed E-state index contributed by atoms with van der Waals surface area (Å²) < 4.78 is 8.35. The van der Waals surface area contributed by atoms with E-state index in [-0.39, 0.29) is 17.5 Å². The van der Waals surface area contributed by atoms with Gasteiger partial charge in [0.1, 0.15) is 20.0 Å². The summed E-state index contributed by atoms with van der Waals surface area (Å²) in [5, 5.41) is 7.21. The lowest BCUT2D eigenvalue weighted by Crippen LogP contribution is -2.37. The topological polar surface area (TPSA) is 67.1 Å². The molecule has 0 radical (unpaired) electrons. The number of benzene rings is 1. The van der Waals surface area contributed by atoms with Crippen molar-refractivity contribution in [3.05, 3.63) is 37.7 Å². The van der Waals surface area contributed by atoms with E-state index in [0.29, 0.717) is 20.5 Å². The Morgan fingerprint density at radius 1 is 1.18 bits per heavy atom. The van der Waals surface area contributed by atoms with Crippen molar-refractivity contribution in [2.75, 3.05) is 18.6 Å². The number of aromatic nitrogens is 1. The van der Waals surface area contributed by atoms with Gasteiger partial charge in [-0.3, -0.25) is 9.59 Å². The zero-order chi connectivity index (χ0) is 23.3. The Labute approximate surface area is 201 Å². The predicted octanol–water partition coefficient (Wildman–Crippen LogP) is 2.85. The molecule has 2 aromatic rings. The highest BCUT2D eigenvalue weighted by Crippen LogP contribution is 2.47. The van der Waals surface area contributed by atoms with Crippen LogP contribution in [0.1, 0.15) is 46.0 Å². The second kappa shape index (κ2) is 8.68. The predicted molar refractivity (Wildman–Crippen MR) is 134 cm³/mol. The normalized spacial score (nSPS) is 22.2. The van der Waals surface area contributed by atoms with Crippen LogP contribution in [0.4, 0.5) is 5.69 Å². The zero-order valence-electron chi connectivity index (χ0n) is 19.4. The molecule has 1 aliphatic carbocycles. The number of hydrogen-bond acceptors (Lipinski definition) is 7. The van der Waals surface area contributed by atoms with Gasteiger partial charge < -0.3 is 14.2 Å². The van der Waals surface area contributed by atoms with Gasteiger partial charge in [-0.1, -0.05) is 31.0 Å². The maximum atomic E-state index is 13.4. The van der Waals surface area contributed by atoms with Crippen LogP contribution in [0, 0.1) is 0 Å². The Bertz CT molecular complexity index is 1330. The smallest absolute Gasteiger partial charge is 0.279 e. The van der Waals surface area contributed by atoms with Gasteiger partial charge in [-0.15, -0.1) is 11.3 Å². The number of amides is 1. The van der Waals surface area contributed by atoms with Crippen LogP contribution >= 0.6 is 23.1 Å². The molecule has 174 valence electrons. The minimum absolute atomic E-state index is 0.0766. The van der Waals surface area contributed by atoms with Crippen molar-refractivity contribution >= 4 is 51.0 Å². The molecule has 7 nitrogen and oxygen atoms in total. The zero-order valence-corrected chi connectivity index (χ0v) is 21.0. The fourth-order valence-corrected chi connectivity index (χ4v) is 7.38. The summed E-state index contributed by atoms with van der Waals surface area (Å²) in [6.07, 6.45) is 5.47. The molecule has 0 bridgehead atoms. The lowest BCUT2D eigenvalue weighted by Gasteiger charge is -2.27. The Morgan fingerprint density at radius 2 is 1.94 bits per heavy atom. The highest BCUT2D eigenvalue weighted by Gasteiger charge is 2.35. The van der Waals surface area contributed by atoms with E-state index in [1.807, 2.05) is 25.1 Å². The standard InChI is InChI=1S/C24H28N4O3S2/c1-5-27-17-13-16(31-4)11-12-18(17)32-24(27)20-22(30)26(3)23(33-20)19-14(2)25-28(21(19)29)15-9-7-6-8-10-15/h11-13,15H,5-10H2,1-4H3/b23-19+,24-20-. The van der Waals surface area contributed by atoms with Gasteiger partial charge in [0.15, 0.2) is 0 Å². The first-order valence-corrected chi connectivity index (χ1v) is 13.0. The average molecular weight is 485 g/mol. The molecule has 1 aromatic heterocycles. The third kappa shape index (κ3) is 3.61. The van der Waals surface area contributed by atoms with E-state index in [2.05, 4.69) is 16.9 Å². The molecule has 1 fully saturated rings. The Morgan fingerprint density at radius 3 is 2.64 bits per heavy atom. The minimum atomic E-state index is -0.0834. The number of rotatable bonds is 3. The molecule has 1 saturated carbocycles. The number of anilines is 1. The van der Waals surface area contributed by atoms with Gasteiger partial charge in [-0.2, -0.15) is 5.10 Å². The van der Waals surface area contributed by atoms with Crippen LogP contribution in [0.3, 0.4) is 0 Å². The van der Waals surface area contributed by atoms with Crippen LogP contribution in [0.5, 0.6) is 5.75 Å². The Kier molecular flexibility index (Phi) is 5.86. The first kappa shape index (κ1) is 22.3. The van der Waals surface area contributed by atoms with E-state index in [0.717, 1.165) is 53.6 Å². The lowest BCUT2D eigenvalue weighted by atomic mass is 9.95. The second-order valence-electron chi connectivity index (χ2n) is 8.59. The third-order valence-corrected chi connectivity index (χ3v) is 9.15. The lowest BCUT2D eigenvalue weighted by molar-refractivity contribution is -0.126. The number of carbonyl (C=O) groups is 1. The number of carbonyl (C=O) groups excluding carboxylic acids is 1. The molecule has 0 N–H and O–H groups in total. The van der Waals surface area contributed by atoms with Crippen molar-refractivity contribution in [3.8, 4) is 5.75 Å². The van der Waals surface area contributed by atoms with Crippen molar-refractivity contribution in [2.24, 2.45) is 12.1 Å². The number of hydrazone groups is 1. The van der Waals surface area contributed by atoms with Crippen LogP contribution in [-0.4, -0.2) is 40.9 Å². The maximum Gasteiger partial charge on any atom is 0.279 e. The monoisotopic (exact) mass is 484 g/mol. The molecule has 1 aromatic carbocycles. The summed E-state index contributed by atoms with van der Waals surface area (Å²) in [5.74, 6) is 0.711. The number of ether oxygens (including phenoxy) is 1. The first-order chi connectivity index (χ1) is 15.9. The molecular weight excluding hydrogens is 456 g/mol. The van der Waals surface area contributed by atoms with Gasteiger partial charge in [0.25, 0.3) is 11.5 Å². The summed E-state index contributed by atoms with van der Waals surface area (Å²) in [7, 11) is 3.41. The minimum Gasteiger partial charge on any atom is -0.497 e. The summed E-state index contributed by atoms with van der Waals surface area (Å²) >= 11 is 2.98. The van der Waals surface area contributed by atoms with Crippen molar-refractivity contribution in [1.82, 2.24) is 9.58 Å². The highest BCUT2D eigenvalue weighted by molar-refractivity contribution is 8.08. The molecule has 0 spiro atoms. The van der Waals surface area contributed by atoms with Gasteiger partial charge in [-0.25, -0.2) is 5.01 Å². The summed E-state index contributed by atoms with van der Waals surface area (Å²) in [6.45, 7) is 4.67. The van der Waals surface area contributed by atoms with E-state index in [1.54, 1.807) is 35.5 Å². The largest absolute Gasteiger partial charge is 0.497 e. The Balaban J connectivity index is 1.64. The maximum absolute atomic E-state index is 13.4. The number of thioether (sulfide) groups is 1. The molecule has 2 aliphatic heterocycles. The van der Waals surface area contributed by atoms with E-state index in [1.165, 1.54) is 17.8 Å². The van der Waals surface area contributed by atoms with E-state index in [9.17, 15) is 9.59 Å². The first-order valence-electron chi connectivity index (χ1n) is 11.4. The van der Waals surface area contributed by atoms with Gasteiger partial charge in [0.2, 0.25) is 0 Å². The number of hydrogen-bond donors (Lipinski definition) is 0. The van der Waals surface area contributed by atoms with Crippen molar-refractivity contribution in [1.29, 1.82) is 0 Å². The number of fused-ring (bicyclic) bond motifs is 1. The molecule has 3 aliphatic rings. The van der Waals surface area contributed by atoms with Crippen molar-refractivity contribution in [3.63, 3.8) is 0 Å². The molecule has 5 rings (SSSR count). The quantitative estimate of drug-likeness (QED) is 0.670. The molecule has 0 unspecified atom stereocenters. The molecule has 0 atom stereocenters. The second-order valence-corrected chi connectivity index (χ2v) is 10.6. The molecule has 9 heteroatoms. The molecule has 3 heterocycles. The summed E-state index contributed by atoms with van der Waals surface area (Å²) in [5.41, 5.74) is 2.21. The molecule has 0 saturated heterocycles. The van der Waals surface area contributed by atoms with Crippen LogP contribution in [0.15, 0.2) is 33.0 Å². The van der Waals surface area contributed by atoms with Crippen LogP contribution in [-0.2, 0) is 11.8 Å². The fourth-order valence-electron chi connectivity index (χ4n) is 4.83. The van der Waals surface area contributed by atoms with Gasteiger partial charge >= 0.3 is 0 Å². The molecule has 1 amide bonds.